The van der Waals surface area contributed by atoms with Gasteiger partial charge in [-0.25, -0.2) is 8.42 Å². The van der Waals surface area contributed by atoms with Crippen molar-refractivity contribution in [1.29, 1.82) is 0 Å². The second-order valence-electron chi connectivity index (χ2n) is 2.84. The van der Waals surface area contributed by atoms with Crippen LogP contribution in [-0.4, -0.2) is 37.0 Å². The van der Waals surface area contributed by atoms with Crippen LogP contribution in [0.15, 0.2) is 0 Å². The first-order valence-corrected chi connectivity index (χ1v) is 5.25. The lowest BCUT2D eigenvalue weighted by Gasteiger charge is -2.22. The molecule has 1 amide bonds. The minimum Gasteiger partial charge on any atom is -0.396 e. The van der Waals surface area contributed by atoms with Crippen LogP contribution in [0.25, 0.3) is 0 Å². The number of aliphatic hydroxyl groups excluding tert-OH is 1. The fraction of sp³-hybridized carbons (Fsp3) is 0.833. The predicted octanol–water partition coefficient (Wildman–Crippen LogP) is -0.921. The zero-order chi connectivity index (χ0) is 9.99. The summed E-state index contributed by atoms with van der Waals surface area (Å²) in [5.41, 5.74) is 4.91. The van der Waals surface area contributed by atoms with Crippen molar-refractivity contribution < 1.29 is 18.3 Å². The molecular weight excluding hydrogens is 218 g/mol. The maximum atomic E-state index is 11.1. The number of sulfone groups is 1. The molecule has 5 nitrogen and oxygen atoms in total. The molecule has 0 aliphatic carbocycles. The van der Waals surface area contributed by atoms with E-state index in [1.807, 2.05) is 0 Å². The lowest BCUT2D eigenvalue weighted by Crippen LogP contribution is -2.48. The third kappa shape index (κ3) is 3.13. The number of hydrogen-bond acceptors (Lipinski definition) is 4. The summed E-state index contributed by atoms with van der Waals surface area (Å²) in [6.45, 7) is 0.827. The van der Waals surface area contributed by atoms with Crippen molar-refractivity contribution in [3.05, 3.63) is 0 Å². The van der Waals surface area contributed by atoms with Gasteiger partial charge >= 0.3 is 0 Å². The first-order chi connectivity index (χ1) is 5.25. The molecule has 0 saturated carbocycles. The SMILES string of the molecule is CC(CCO)(C(N)=O)S(C)(=O)=O.Cl. The molecule has 7 heteroatoms. The van der Waals surface area contributed by atoms with Gasteiger partial charge in [0.05, 0.1) is 0 Å². The van der Waals surface area contributed by atoms with Gasteiger partial charge in [-0.05, 0) is 13.3 Å². The fourth-order valence-electron chi connectivity index (χ4n) is 0.705. The van der Waals surface area contributed by atoms with Crippen LogP contribution in [-0.2, 0) is 14.6 Å². The third-order valence-electron chi connectivity index (χ3n) is 1.93. The molecule has 0 spiro atoms. The molecule has 0 rings (SSSR count). The van der Waals surface area contributed by atoms with Crippen LogP contribution in [0.5, 0.6) is 0 Å². The number of carbonyl (C=O) groups is 1. The molecule has 0 aromatic rings. The summed E-state index contributed by atoms with van der Waals surface area (Å²) in [7, 11) is -3.56. The highest BCUT2D eigenvalue weighted by Gasteiger charge is 2.41. The van der Waals surface area contributed by atoms with Crippen molar-refractivity contribution in [3.8, 4) is 0 Å². The van der Waals surface area contributed by atoms with Crippen molar-refractivity contribution >= 4 is 28.2 Å². The van der Waals surface area contributed by atoms with Crippen LogP contribution in [0.4, 0.5) is 0 Å². The molecule has 80 valence electrons. The molecule has 0 aromatic heterocycles. The number of nitrogens with two attached hydrogens (primary N) is 1. The van der Waals surface area contributed by atoms with Gasteiger partial charge < -0.3 is 10.8 Å². The molecule has 0 heterocycles. The normalized spacial score (nSPS) is 15.6. The minimum atomic E-state index is -3.56. The highest BCUT2D eigenvalue weighted by molar-refractivity contribution is 7.92. The first kappa shape index (κ1) is 15.2. The first-order valence-electron chi connectivity index (χ1n) is 3.36. The fourth-order valence-corrected chi connectivity index (χ4v) is 1.53. The minimum absolute atomic E-state index is 0. The van der Waals surface area contributed by atoms with E-state index >= 15 is 0 Å². The van der Waals surface area contributed by atoms with Gasteiger partial charge in [-0.15, -0.1) is 12.4 Å². The van der Waals surface area contributed by atoms with Crippen LogP contribution in [0.3, 0.4) is 0 Å². The lowest BCUT2D eigenvalue weighted by atomic mass is 10.1. The highest BCUT2D eigenvalue weighted by atomic mass is 35.5. The standard InChI is InChI=1S/C6H13NO4S.ClH/c1-6(3-4-8,5(7)9)12(2,10)11;/h8H,3-4H2,1-2H3,(H2,7,9);1H. The molecule has 0 aliphatic rings. The molecule has 0 fully saturated rings. The molecule has 13 heavy (non-hydrogen) atoms. The average Bonchev–Trinajstić information content (AvgIpc) is 1.85. The van der Waals surface area contributed by atoms with Gasteiger partial charge in [-0.2, -0.15) is 0 Å². The average molecular weight is 232 g/mol. The quantitative estimate of drug-likeness (QED) is 0.654. The Balaban J connectivity index is 0. The Morgan fingerprint density at radius 3 is 2.00 bits per heavy atom. The molecule has 0 aromatic carbocycles. The molecule has 3 N–H and O–H groups in total. The van der Waals surface area contributed by atoms with E-state index in [4.69, 9.17) is 10.8 Å². The van der Waals surface area contributed by atoms with Crippen molar-refractivity contribution in [2.24, 2.45) is 5.73 Å². The predicted molar refractivity (Wildman–Crippen MR) is 51.4 cm³/mol. The number of rotatable bonds is 4. The Labute approximate surface area is 83.6 Å². The number of amides is 1. The summed E-state index contributed by atoms with van der Waals surface area (Å²) in [4.78, 5) is 10.8. The van der Waals surface area contributed by atoms with Gasteiger partial charge in [-0.1, -0.05) is 0 Å². The van der Waals surface area contributed by atoms with Crippen LogP contribution >= 0.6 is 12.4 Å². The number of primary amides is 1. The van der Waals surface area contributed by atoms with Gasteiger partial charge in [0.15, 0.2) is 9.84 Å². The van der Waals surface area contributed by atoms with E-state index in [1.165, 1.54) is 6.92 Å². The molecule has 0 radical (unpaired) electrons. The lowest BCUT2D eigenvalue weighted by molar-refractivity contribution is -0.120. The van der Waals surface area contributed by atoms with Crippen LogP contribution in [0.2, 0.25) is 0 Å². The summed E-state index contributed by atoms with van der Waals surface area (Å²) in [6, 6.07) is 0. The Morgan fingerprint density at radius 1 is 1.54 bits per heavy atom. The van der Waals surface area contributed by atoms with Crippen LogP contribution < -0.4 is 5.73 Å². The number of hydrogen-bond donors (Lipinski definition) is 2. The van der Waals surface area contributed by atoms with Gasteiger partial charge in [0.1, 0.15) is 4.75 Å². The van der Waals surface area contributed by atoms with E-state index < -0.39 is 20.5 Å². The summed E-state index contributed by atoms with van der Waals surface area (Å²) >= 11 is 0. The van der Waals surface area contributed by atoms with Gasteiger partial charge in [0.25, 0.3) is 0 Å². The van der Waals surface area contributed by atoms with E-state index in [2.05, 4.69) is 0 Å². The molecule has 0 saturated heterocycles. The van der Waals surface area contributed by atoms with Gasteiger partial charge in [0.2, 0.25) is 5.91 Å². The topological polar surface area (TPSA) is 97.5 Å². The monoisotopic (exact) mass is 231 g/mol. The van der Waals surface area contributed by atoms with E-state index in [1.54, 1.807) is 0 Å². The van der Waals surface area contributed by atoms with Gasteiger partial charge in [-0.3, -0.25) is 4.79 Å². The van der Waals surface area contributed by atoms with Gasteiger partial charge in [0, 0.05) is 12.9 Å². The second-order valence-corrected chi connectivity index (χ2v) is 5.29. The molecule has 1 unspecified atom stereocenters. The summed E-state index contributed by atoms with van der Waals surface area (Å²) in [5, 5.41) is 8.54. The Bertz CT molecular complexity index is 276. The molecule has 0 aliphatic heterocycles. The zero-order valence-corrected chi connectivity index (χ0v) is 9.11. The van der Waals surface area contributed by atoms with Crippen LogP contribution in [0, 0.1) is 0 Å². The van der Waals surface area contributed by atoms with E-state index in [9.17, 15) is 13.2 Å². The van der Waals surface area contributed by atoms with E-state index in [0.717, 1.165) is 6.26 Å². The Morgan fingerprint density at radius 2 is 1.92 bits per heavy atom. The number of carbonyl (C=O) groups excluding carboxylic acids is 1. The maximum absolute atomic E-state index is 11.1. The molecular formula is C6H14ClNO4S. The smallest absolute Gasteiger partial charge is 0.238 e. The summed E-state index contributed by atoms with van der Waals surface area (Å²) < 4.78 is 20.5. The zero-order valence-electron chi connectivity index (χ0n) is 7.48. The van der Waals surface area contributed by atoms with Crippen molar-refractivity contribution in [2.75, 3.05) is 12.9 Å². The van der Waals surface area contributed by atoms with E-state index in [-0.39, 0.29) is 25.4 Å². The Kier molecular flexibility index (Phi) is 5.57. The largest absolute Gasteiger partial charge is 0.396 e. The summed E-state index contributed by atoms with van der Waals surface area (Å²) in [5.74, 6) is -0.931. The van der Waals surface area contributed by atoms with E-state index in [0.29, 0.717) is 0 Å². The maximum Gasteiger partial charge on any atom is 0.238 e. The van der Waals surface area contributed by atoms with Crippen molar-refractivity contribution in [2.45, 2.75) is 18.1 Å². The second kappa shape index (κ2) is 4.78. The molecule has 1 atom stereocenters. The highest BCUT2D eigenvalue weighted by Crippen LogP contribution is 2.19. The number of halogens is 1. The van der Waals surface area contributed by atoms with Crippen molar-refractivity contribution in [1.82, 2.24) is 0 Å². The number of aliphatic hydroxyl groups is 1. The molecule has 0 bridgehead atoms. The van der Waals surface area contributed by atoms with Crippen LogP contribution in [0.1, 0.15) is 13.3 Å². The third-order valence-corrected chi connectivity index (χ3v) is 3.97. The Hall–Kier alpha value is -0.330. The van der Waals surface area contributed by atoms with Crippen molar-refractivity contribution in [3.63, 3.8) is 0 Å². The summed E-state index contributed by atoms with van der Waals surface area (Å²) in [6.07, 6.45) is 0.759.